The molecule has 0 atom stereocenters. The fraction of sp³-hybridized carbons (Fsp3) is 0.235. The molecule has 0 aromatic carbocycles. The highest BCUT2D eigenvalue weighted by Gasteiger charge is 2.24. The number of H-pyrrole nitrogens is 1. The maximum absolute atomic E-state index is 6.61. The van der Waals surface area contributed by atoms with Gasteiger partial charge in [0.15, 0.2) is 5.65 Å². The van der Waals surface area contributed by atoms with Crippen molar-refractivity contribution in [2.45, 2.75) is 19.3 Å². The molecule has 0 bridgehead atoms. The van der Waals surface area contributed by atoms with Crippen LogP contribution in [0.1, 0.15) is 18.7 Å². The van der Waals surface area contributed by atoms with Crippen LogP contribution in [0.4, 0.5) is 0 Å². The fourth-order valence-corrected chi connectivity index (χ4v) is 3.30. The average molecular weight is 324 g/mol. The highest BCUT2D eigenvalue weighted by Crippen LogP contribution is 2.34. The molecule has 1 fully saturated rings. The van der Waals surface area contributed by atoms with Crippen molar-refractivity contribution in [1.29, 1.82) is 0 Å². The number of rotatable bonds is 3. The second-order valence-electron chi connectivity index (χ2n) is 6.14. The lowest BCUT2D eigenvalue weighted by molar-refractivity contribution is 0.758. The van der Waals surface area contributed by atoms with Gasteiger partial charge in [0.25, 0.3) is 0 Å². The van der Waals surface area contributed by atoms with Gasteiger partial charge in [-0.1, -0.05) is 11.6 Å². The van der Waals surface area contributed by atoms with Gasteiger partial charge in [0.1, 0.15) is 11.5 Å². The Bertz CT molecular complexity index is 1030. The molecule has 5 rings (SSSR count). The Labute approximate surface area is 137 Å². The van der Waals surface area contributed by atoms with Crippen LogP contribution in [0.15, 0.2) is 36.8 Å². The number of hydrogen-bond acceptors (Lipinski definition) is 3. The van der Waals surface area contributed by atoms with E-state index >= 15 is 0 Å². The van der Waals surface area contributed by atoms with Crippen LogP contribution in [0.3, 0.4) is 0 Å². The molecule has 5 nitrogen and oxygen atoms in total. The molecule has 4 aromatic rings. The van der Waals surface area contributed by atoms with Crippen LogP contribution < -0.4 is 0 Å². The second kappa shape index (κ2) is 4.80. The zero-order valence-corrected chi connectivity index (χ0v) is 13.1. The predicted molar refractivity (Wildman–Crippen MR) is 89.5 cm³/mol. The minimum atomic E-state index is 0.624. The highest BCUT2D eigenvalue weighted by molar-refractivity contribution is 6.36. The van der Waals surface area contributed by atoms with Crippen LogP contribution in [-0.2, 0) is 6.42 Å². The third-order valence-corrected chi connectivity index (χ3v) is 4.84. The van der Waals surface area contributed by atoms with Crippen molar-refractivity contribution >= 4 is 28.3 Å². The first kappa shape index (κ1) is 13.1. The number of pyridine rings is 2. The first-order chi connectivity index (χ1) is 11.3. The molecule has 0 saturated heterocycles. The molecule has 6 heteroatoms. The van der Waals surface area contributed by atoms with E-state index in [-0.39, 0.29) is 0 Å². The van der Waals surface area contributed by atoms with Crippen molar-refractivity contribution in [2.75, 3.05) is 0 Å². The van der Waals surface area contributed by atoms with Crippen molar-refractivity contribution < 1.29 is 0 Å². The van der Waals surface area contributed by atoms with Crippen LogP contribution in [0.25, 0.3) is 27.8 Å². The summed E-state index contributed by atoms with van der Waals surface area (Å²) in [5.74, 6) is 1.76. The summed E-state index contributed by atoms with van der Waals surface area (Å²) in [6.45, 7) is 0. The lowest BCUT2D eigenvalue weighted by atomic mass is 10.1. The number of nitrogens with zero attached hydrogens (tertiary/aromatic N) is 4. The first-order valence-electron chi connectivity index (χ1n) is 7.75. The highest BCUT2D eigenvalue weighted by atomic mass is 35.5. The summed E-state index contributed by atoms with van der Waals surface area (Å²) in [4.78, 5) is 7.53. The summed E-state index contributed by atoms with van der Waals surface area (Å²) >= 11 is 6.61. The molecule has 0 amide bonds. The van der Waals surface area contributed by atoms with E-state index in [2.05, 4.69) is 26.2 Å². The lowest BCUT2D eigenvalue weighted by Crippen LogP contribution is -1.97. The molecule has 0 radical (unpaired) electrons. The van der Waals surface area contributed by atoms with E-state index in [0.717, 1.165) is 40.3 Å². The van der Waals surface area contributed by atoms with Gasteiger partial charge in [-0.05, 0) is 37.0 Å². The summed E-state index contributed by atoms with van der Waals surface area (Å²) in [5, 5.41) is 10.3. The Morgan fingerprint density at radius 3 is 3.04 bits per heavy atom. The topological polar surface area (TPSA) is 58.9 Å². The average Bonchev–Trinajstić information content (AvgIpc) is 3.09. The number of halogens is 1. The van der Waals surface area contributed by atoms with E-state index in [0.29, 0.717) is 10.7 Å². The molecular formula is C17H14ClN5. The van der Waals surface area contributed by atoms with Gasteiger partial charge in [-0.3, -0.25) is 4.40 Å². The van der Waals surface area contributed by atoms with Gasteiger partial charge < -0.3 is 4.98 Å². The van der Waals surface area contributed by atoms with Crippen molar-refractivity contribution in [3.63, 3.8) is 0 Å². The molecule has 1 saturated carbocycles. The number of hydrogen-bond donors (Lipinski definition) is 1. The van der Waals surface area contributed by atoms with Crippen molar-refractivity contribution in [2.24, 2.45) is 5.92 Å². The minimum Gasteiger partial charge on any atom is -0.346 e. The van der Waals surface area contributed by atoms with Gasteiger partial charge in [0.05, 0.1) is 5.02 Å². The number of aromatic amines is 1. The Hall–Kier alpha value is -2.40. The summed E-state index contributed by atoms with van der Waals surface area (Å²) in [5.41, 5.74) is 3.51. The summed E-state index contributed by atoms with van der Waals surface area (Å²) < 4.78 is 2.01. The number of aromatic nitrogens is 5. The second-order valence-corrected chi connectivity index (χ2v) is 6.52. The standard InChI is InChI=1S/C17H14ClN5/c18-15-13(12-8-11-3-5-19-16(11)20-9-12)4-6-23-14(7-10-1-2-10)21-22-17(15)23/h3-6,8-10H,1-2,7H2,(H,19,20). The molecule has 4 aromatic heterocycles. The van der Waals surface area contributed by atoms with Gasteiger partial charge in [0.2, 0.25) is 0 Å². The van der Waals surface area contributed by atoms with E-state index < -0.39 is 0 Å². The SMILES string of the molecule is Clc1c(-c2cnc3[nH]ccc3c2)ccn2c(CC3CC3)nnc12. The Morgan fingerprint density at radius 1 is 1.26 bits per heavy atom. The van der Waals surface area contributed by atoms with Crippen molar-refractivity contribution in [3.8, 4) is 11.1 Å². The van der Waals surface area contributed by atoms with Crippen LogP contribution >= 0.6 is 11.6 Å². The van der Waals surface area contributed by atoms with E-state index in [4.69, 9.17) is 11.6 Å². The lowest BCUT2D eigenvalue weighted by Gasteiger charge is -2.06. The Balaban J connectivity index is 1.64. The summed E-state index contributed by atoms with van der Waals surface area (Å²) in [6, 6.07) is 6.10. The summed E-state index contributed by atoms with van der Waals surface area (Å²) in [6.07, 6.45) is 9.29. The number of nitrogens with one attached hydrogen (secondary N) is 1. The fourth-order valence-electron chi connectivity index (χ4n) is 3.00. The molecule has 0 spiro atoms. The maximum atomic E-state index is 6.61. The molecule has 114 valence electrons. The molecule has 4 heterocycles. The van der Waals surface area contributed by atoms with Gasteiger partial charge in [0, 0.05) is 41.5 Å². The predicted octanol–water partition coefficient (Wildman–Crippen LogP) is 3.88. The van der Waals surface area contributed by atoms with Crippen molar-refractivity contribution in [1.82, 2.24) is 24.6 Å². The van der Waals surface area contributed by atoms with Gasteiger partial charge in [-0.2, -0.15) is 0 Å². The zero-order chi connectivity index (χ0) is 15.4. The molecule has 1 aliphatic rings. The third-order valence-electron chi connectivity index (χ3n) is 4.47. The quantitative estimate of drug-likeness (QED) is 0.622. The largest absolute Gasteiger partial charge is 0.346 e. The van der Waals surface area contributed by atoms with Crippen LogP contribution in [0.5, 0.6) is 0 Å². The first-order valence-corrected chi connectivity index (χ1v) is 8.13. The van der Waals surface area contributed by atoms with E-state index in [1.807, 2.05) is 35.1 Å². The Morgan fingerprint density at radius 2 is 2.17 bits per heavy atom. The maximum Gasteiger partial charge on any atom is 0.180 e. The normalized spacial score (nSPS) is 14.8. The molecule has 23 heavy (non-hydrogen) atoms. The Kier molecular flexibility index (Phi) is 2.73. The van der Waals surface area contributed by atoms with E-state index in [9.17, 15) is 0 Å². The molecular weight excluding hydrogens is 310 g/mol. The molecule has 1 N–H and O–H groups in total. The molecule has 0 aliphatic heterocycles. The molecule has 0 unspecified atom stereocenters. The number of fused-ring (bicyclic) bond motifs is 2. The third kappa shape index (κ3) is 2.11. The molecule has 1 aliphatic carbocycles. The minimum absolute atomic E-state index is 0.624. The van der Waals surface area contributed by atoms with Crippen LogP contribution in [-0.4, -0.2) is 24.6 Å². The van der Waals surface area contributed by atoms with Gasteiger partial charge in [-0.25, -0.2) is 4.98 Å². The van der Waals surface area contributed by atoms with E-state index in [1.165, 1.54) is 12.8 Å². The van der Waals surface area contributed by atoms with Crippen molar-refractivity contribution in [3.05, 3.63) is 47.6 Å². The van der Waals surface area contributed by atoms with Crippen LogP contribution in [0, 0.1) is 5.92 Å². The van der Waals surface area contributed by atoms with Crippen LogP contribution in [0.2, 0.25) is 5.02 Å². The zero-order valence-electron chi connectivity index (χ0n) is 12.3. The van der Waals surface area contributed by atoms with Gasteiger partial charge >= 0.3 is 0 Å². The summed E-state index contributed by atoms with van der Waals surface area (Å²) in [7, 11) is 0. The van der Waals surface area contributed by atoms with Gasteiger partial charge in [-0.15, -0.1) is 10.2 Å². The monoisotopic (exact) mass is 323 g/mol. The smallest absolute Gasteiger partial charge is 0.180 e. The van der Waals surface area contributed by atoms with E-state index in [1.54, 1.807) is 0 Å².